The number of nitrogens with zero attached hydrogens (tertiary/aromatic N) is 2. The van der Waals surface area contributed by atoms with E-state index in [-0.39, 0.29) is 24.5 Å². The van der Waals surface area contributed by atoms with Gasteiger partial charge >= 0.3 is 0 Å². The molecule has 1 aliphatic rings. The van der Waals surface area contributed by atoms with Crippen molar-refractivity contribution in [3.63, 3.8) is 0 Å². The van der Waals surface area contributed by atoms with Gasteiger partial charge in [0.15, 0.2) is 18.1 Å². The van der Waals surface area contributed by atoms with Gasteiger partial charge in [0, 0.05) is 42.8 Å². The number of anilines is 2. The molecular formula is C24H31ClN4O4. The van der Waals surface area contributed by atoms with E-state index in [4.69, 9.17) is 21.1 Å². The van der Waals surface area contributed by atoms with Crippen LogP contribution in [0, 0.1) is 0 Å². The lowest BCUT2D eigenvalue weighted by atomic mass is 10.1. The van der Waals surface area contributed by atoms with Gasteiger partial charge in [0.2, 0.25) is 0 Å². The zero-order chi connectivity index (χ0) is 24.0. The average Bonchev–Trinajstić information content (AvgIpc) is 2.78. The number of hydrogen-bond acceptors (Lipinski definition) is 6. The van der Waals surface area contributed by atoms with Crippen molar-refractivity contribution in [3.05, 3.63) is 47.0 Å². The molecule has 9 heteroatoms. The topological polar surface area (TPSA) is 83.1 Å². The van der Waals surface area contributed by atoms with Crippen molar-refractivity contribution in [3.8, 4) is 11.5 Å². The summed E-state index contributed by atoms with van der Waals surface area (Å²) in [6.07, 6.45) is 0. The molecule has 0 bridgehead atoms. The predicted molar refractivity (Wildman–Crippen MR) is 131 cm³/mol. The number of benzene rings is 2. The molecule has 1 aliphatic heterocycles. The lowest BCUT2D eigenvalue weighted by Crippen LogP contribution is -2.44. The van der Waals surface area contributed by atoms with E-state index in [2.05, 4.69) is 27.5 Å². The van der Waals surface area contributed by atoms with Crippen LogP contribution in [-0.4, -0.2) is 69.7 Å². The van der Waals surface area contributed by atoms with E-state index < -0.39 is 0 Å². The molecule has 178 valence electrons. The number of ether oxygens (including phenoxy) is 2. The molecule has 0 saturated carbocycles. The molecule has 1 saturated heterocycles. The molecule has 0 atom stereocenters. The van der Waals surface area contributed by atoms with Crippen molar-refractivity contribution < 1.29 is 19.1 Å². The van der Waals surface area contributed by atoms with Gasteiger partial charge < -0.3 is 29.9 Å². The first-order chi connectivity index (χ1) is 15.8. The molecule has 8 nitrogen and oxygen atoms in total. The van der Waals surface area contributed by atoms with E-state index in [1.54, 1.807) is 24.3 Å². The Labute approximate surface area is 199 Å². The summed E-state index contributed by atoms with van der Waals surface area (Å²) in [4.78, 5) is 29.4. The van der Waals surface area contributed by atoms with Gasteiger partial charge in [0.25, 0.3) is 11.8 Å². The van der Waals surface area contributed by atoms with Crippen molar-refractivity contribution in [1.29, 1.82) is 0 Å². The van der Waals surface area contributed by atoms with Gasteiger partial charge in [-0.2, -0.15) is 0 Å². The molecule has 2 aromatic carbocycles. The maximum Gasteiger partial charge on any atom is 0.258 e. The fraction of sp³-hybridized carbons (Fsp3) is 0.417. The normalized spacial score (nSPS) is 14.2. The van der Waals surface area contributed by atoms with Gasteiger partial charge in [-0.3, -0.25) is 9.59 Å². The summed E-state index contributed by atoms with van der Waals surface area (Å²) in [5.41, 5.74) is 1.99. The van der Waals surface area contributed by atoms with Crippen LogP contribution in [0.15, 0.2) is 36.4 Å². The van der Waals surface area contributed by atoms with Crippen molar-refractivity contribution in [2.24, 2.45) is 0 Å². The summed E-state index contributed by atoms with van der Waals surface area (Å²) >= 11 is 6.22. The third-order valence-corrected chi connectivity index (χ3v) is 5.52. The number of halogens is 1. The summed E-state index contributed by atoms with van der Waals surface area (Å²) in [5.74, 6) is 0.223. The molecular weight excluding hydrogens is 444 g/mol. The number of methoxy groups -OCH3 is 1. The van der Waals surface area contributed by atoms with Crippen LogP contribution in [0.5, 0.6) is 11.5 Å². The van der Waals surface area contributed by atoms with Gasteiger partial charge in [-0.05, 0) is 57.3 Å². The van der Waals surface area contributed by atoms with Crippen molar-refractivity contribution in [1.82, 2.24) is 10.2 Å². The molecule has 0 aliphatic carbocycles. The van der Waals surface area contributed by atoms with Crippen LogP contribution in [-0.2, 0) is 4.79 Å². The molecule has 0 unspecified atom stereocenters. The summed E-state index contributed by atoms with van der Waals surface area (Å²) in [6.45, 7) is 7.24. The number of hydrogen-bond donors (Lipinski definition) is 2. The van der Waals surface area contributed by atoms with Gasteiger partial charge in [0.05, 0.1) is 18.5 Å². The Morgan fingerprint density at radius 3 is 2.45 bits per heavy atom. The highest BCUT2D eigenvalue weighted by Gasteiger charge is 2.19. The molecule has 1 fully saturated rings. The monoisotopic (exact) mass is 474 g/mol. The maximum absolute atomic E-state index is 13.0. The third-order valence-electron chi connectivity index (χ3n) is 5.29. The van der Waals surface area contributed by atoms with Crippen LogP contribution in [0.2, 0.25) is 5.02 Å². The van der Waals surface area contributed by atoms with Crippen LogP contribution < -0.4 is 25.0 Å². The predicted octanol–water partition coefficient (Wildman–Crippen LogP) is 3.26. The molecule has 2 amide bonds. The zero-order valence-electron chi connectivity index (χ0n) is 19.5. The number of piperazine rings is 1. The summed E-state index contributed by atoms with van der Waals surface area (Å²) in [7, 11) is 3.58. The van der Waals surface area contributed by atoms with E-state index in [0.29, 0.717) is 27.8 Å². The van der Waals surface area contributed by atoms with Crippen LogP contribution in [0.25, 0.3) is 0 Å². The van der Waals surface area contributed by atoms with Gasteiger partial charge in [-0.15, -0.1) is 0 Å². The SMILES string of the molecule is COc1cc(C(=O)Nc2cc(Cl)ccc2N2CCN(C)CC2)ccc1OCC(=O)NC(C)C. The van der Waals surface area contributed by atoms with Gasteiger partial charge in [-0.25, -0.2) is 0 Å². The van der Waals surface area contributed by atoms with E-state index in [1.165, 1.54) is 7.11 Å². The first-order valence-corrected chi connectivity index (χ1v) is 11.3. The molecule has 33 heavy (non-hydrogen) atoms. The lowest BCUT2D eigenvalue weighted by Gasteiger charge is -2.35. The summed E-state index contributed by atoms with van der Waals surface area (Å²) < 4.78 is 10.9. The first kappa shape index (κ1) is 24.7. The molecule has 0 aromatic heterocycles. The fourth-order valence-corrected chi connectivity index (χ4v) is 3.73. The minimum atomic E-state index is -0.296. The molecule has 0 radical (unpaired) electrons. The second-order valence-electron chi connectivity index (χ2n) is 8.28. The number of amides is 2. The number of carbonyl (C=O) groups is 2. The van der Waals surface area contributed by atoms with Gasteiger partial charge in [-0.1, -0.05) is 11.6 Å². The Morgan fingerprint density at radius 2 is 1.79 bits per heavy atom. The standard InChI is InChI=1S/C24H31ClN4O4/c1-16(2)26-23(30)15-33-21-8-5-17(13-22(21)32-4)24(31)27-19-14-18(25)6-7-20(19)29-11-9-28(3)10-12-29/h5-8,13-14,16H,9-12,15H2,1-4H3,(H,26,30)(H,27,31). The number of nitrogens with one attached hydrogen (secondary N) is 2. The highest BCUT2D eigenvalue weighted by atomic mass is 35.5. The minimum Gasteiger partial charge on any atom is -0.493 e. The molecule has 2 N–H and O–H groups in total. The minimum absolute atomic E-state index is 0.0243. The second kappa shape index (κ2) is 11.2. The third kappa shape index (κ3) is 6.76. The Morgan fingerprint density at radius 1 is 1.06 bits per heavy atom. The number of likely N-dealkylation sites (N-methyl/N-ethyl adjacent to an activating group) is 1. The molecule has 0 spiro atoms. The van der Waals surface area contributed by atoms with Crippen LogP contribution in [0.4, 0.5) is 11.4 Å². The quantitative estimate of drug-likeness (QED) is 0.611. The Balaban J connectivity index is 1.74. The smallest absolute Gasteiger partial charge is 0.258 e. The summed E-state index contributed by atoms with van der Waals surface area (Å²) in [6, 6.07) is 10.4. The largest absolute Gasteiger partial charge is 0.493 e. The van der Waals surface area contributed by atoms with Crippen LogP contribution in [0.1, 0.15) is 24.2 Å². The average molecular weight is 475 g/mol. The maximum atomic E-state index is 13.0. The highest BCUT2D eigenvalue weighted by molar-refractivity contribution is 6.31. The number of carbonyl (C=O) groups excluding carboxylic acids is 2. The van der Waals surface area contributed by atoms with E-state index in [1.807, 2.05) is 26.0 Å². The fourth-order valence-electron chi connectivity index (χ4n) is 3.56. The summed E-state index contributed by atoms with van der Waals surface area (Å²) in [5, 5.41) is 6.29. The Kier molecular flexibility index (Phi) is 8.41. The van der Waals surface area contributed by atoms with E-state index in [0.717, 1.165) is 31.9 Å². The van der Waals surface area contributed by atoms with Crippen LogP contribution in [0.3, 0.4) is 0 Å². The lowest BCUT2D eigenvalue weighted by molar-refractivity contribution is -0.123. The van der Waals surface area contributed by atoms with Gasteiger partial charge in [0.1, 0.15) is 0 Å². The number of rotatable bonds is 8. The molecule has 1 heterocycles. The van der Waals surface area contributed by atoms with Crippen molar-refractivity contribution in [2.75, 3.05) is 57.2 Å². The van der Waals surface area contributed by atoms with E-state index in [9.17, 15) is 9.59 Å². The Bertz CT molecular complexity index is 990. The van der Waals surface area contributed by atoms with Crippen molar-refractivity contribution in [2.45, 2.75) is 19.9 Å². The first-order valence-electron chi connectivity index (χ1n) is 10.9. The second-order valence-corrected chi connectivity index (χ2v) is 8.72. The van der Waals surface area contributed by atoms with Crippen molar-refractivity contribution >= 4 is 34.8 Å². The van der Waals surface area contributed by atoms with Crippen LogP contribution >= 0.6 is 11.6 Å². The zero-order valence-corrected chi connectivity index (χ0v) is 20.2. The molecule has 3 rings (SSSR count). The molecule has 2 aromatic rings. The Hall–Kier alpha value is -2.97. The van der Waals surface area contributed by atoms with E-state index >= 15 is 0 Å². The highest BCUT2D eigenvalue weighted by Crippen LogP contribution is 2.32.